The van der Waals surface area contributed by atoms with Crippen LogP contribution in [0.4, 0.5) is 4.79 Å². The van der Waals surface area contributed by atoms with Crippen LogP contribution in [-0.4, -0.2) is 39.6 Å². The summed E-state index contributed by atoms with van der Waals surface area (Å²) in [4.78, 5) is 32.4. The monoisotopic (exact) mass is 468 g/mol. The Balaban J connectivity index is 1.42. The van der Waals surface area contributed by atoms with Crippen LogP contribution in [0.1, 0.15) is 17.0 Å². The zero-order chi connectivity index (χ0) is 24.3. The number of nitrogens with one attached hydrogen (secondary N) is 1. The number of hydrogen-bond donors (Lipinski definition) is 1. The fraction of sp³-hybridized carbons (Fsp3) is 0.185. The minimum absolute atomic E-state index is 0.127. The quantitative estimate of drug-likeness (QED) is 0.392. The minimum Gasteiger partial charge on any atom is -0.496 e. The lowest BCUT2D eigenvalue weighted by molar-refractivity contribution is -0.132. The molecule has 0 bridgehead atoms. The van der Waals surface area contributed by atoms with Crippen molar-refractivity contribution in [3.63, 3.8) is 0 Å². The lowest BCUT2D eigenvalue weighted by Crippen LogP contribution is -2.51. The summed E-state index contributed by atoms with van der Waals surface area (Å²) >= 11 is 0. The normalized spacial score (nSPS) is 14.7. The zero-order valence-electron chi connectivity index (χ0n) is 19.2. The number of methoxy groups -OCH3 is 1. The first-order valence-electron chi connectivity index (χ1n) is 11.3. The summed E-state index contributed by atoms with van der Waals surface area (Å²) in [6, 6.07) is 26.1. The Bertz CT molecular complexity index is 1300. The summed E-state index contributed by atoms with van der Waals surface area (Å²) in [6.07, 6.45) is 0.722. The van der Waals surface area contributed by atoms with E-state index in [0.717, 1.165) is 16.0 Å². The Morgan fingerprint density at radius 3 is 2.11 bits per heavy atom. The molecule has 0 spiro atoms. The van der Waals surface area contributed by atoms with E-state index in [1.807, 2.05) is 78.9 Å². The van der Waals surface area contributed by atoms with E-state index in [1.54, 1.807) is 13.2 Å². The van der Waals surface area contributed by atoms with Crippen molar-refractivity contribution in [3.05, 3.63) is 102 Å². The van der Waals surface area contributed by atoms with Crippen LogP contribution in [0.15, 0.2) is 89.5 Å². The predicted octanol–water partition coefficient (Wildman–Crippen LogP) is 4.02. The second-order valence-electron chi connectivity index (χ2n) is 8.44. The van der Waals surface area contributed by atoms with E-state index in [1.165, 1.54) is 0 Å². The number of urea groups is 1. The van der Waals surface area contributed by atoms with Crippen LogP contribution in [0.25, 0.3) is 11.4 Å². The molecule has 1 aliphatic rings. The van der Waals surface area contributed by atoms with E-state index in [2.05, 4.69) is 15.5 Å². The van der Waals surface area contributed by atoms with Crippen LogP contribution < -0.4 is 10.1 Å². The molecule has 0 unspecified atom stereocenters. The van der Waals surface area contributed by atoms with E-state index in [4.69, 9.17) is 9.26 Å². The maximum atomic E-state index is 13.8. The second-order valence-corrected chi connectivity index (χ2v) is 8.44. The number of hydrogen-bond acceptors (Lipinski definition) is 6. The number of nitrogens with zero attached hydrogens (tertiary/aromatic N) is 3. The summed E-state index contributed by atoms with van der Waals surface area (Å²) in [5.41, 5.74) is 1.45. The van der Waals surface area contributed by atoms with Crippen molar-refractivity contribution >= 4 is 11.9 Å². The molecule has 1 aromatic heterocycles. The molecule has 0 aliphatic carbocycles. The van der Waals surface area contributed by atoms with Gasteiger partial charge in [-0.05, 0) is 23.3 Å². The molecule has 8 heteroatoms. The molecule has 2 heterocycles. The Labute approximate surface area is 202 Å². The van der Waals surface area contributed by atoms with Gasteiger partial charge < -0.3 is 14.6 Å². The van der Waals surface area contributed by atoms with Gasteiger partial charge in [0.25, 0.3) is 5.91 Å². The smallest absolute Gasteiger partial charge is 0.325 e. The van der Waals surface area contributed by atoms with Crippen LogP contribution in [0.2, 0.25) is 0 Å². The molecule has 1 N–H and O–H groups in total. The molecular weight excluding hydrogens is 444 g/mol. The van der Waals surface area contributed by atoms with Crippen LogP contribution >= 0.6 is 0 Å². The molecule has 3 amide bonds. The lowest BCUT2D eigenvalue weighted by Gasteiger charge is -2.27. The highest BCUT2D eigenvalue weighted by Crippen LogP contribution is 2.30. The van der Waals surface area contributed by atoms with Gasteiger partial charge in [0.05, 0.1) is 12.7 Å². The van der Waals surface area contributed by atoms with Crippen LogP contribution in [0, 0.1) is 0 Å². The average molecular weight is 469 g/mol. The first-order valence-corrected chi connectivity index (χ1v) is 11.3. The summed E-state index contributed by atoms with van der Waals surface area (Å²) in [5, 5.41) is 6.99. The minimum atomic E-state index is -1.12. The molecule has 1 saturated heterocycles. The molecular formula is C27H24N4O4. The number of benzene rings is 3. The van der Waals surface area contributed by atoms with Gasteiger partial charge in [0, 0.05) is 12.8 Å². The number of para-hydroxylation sites is 1. The summed E-state index contributed by atoms with van der Waals surface area (Å²) in [7, 11) is 1.56. The van der Waals surface area contributed by atoms with Crippen molar-refractivity contribution in [1.82, 2.24) is 20.4 Å². The van der Waals surface area contributed by atoms with E-state index < -0.39 is 11.6 Å². The number of carbonyl (C=O) groups is 2. The Morgan fingerprint density at radius 1 is 0.886 bits per heavy atom. The highest BCUT2D eigenvalue weighted by atomic mass is 16.5. The standard InChI is InChI=1S/C27H24N4O4/c1-34-22-15-9-8-14-21(22)24-28-23(35-30-24)18-31-25(32)27(29-26(31)33,16-19-10-4-2-5-11-19)17-20-12-6-3-7-13-20/h2-15H,16-18H2,1H3,(H,29,33). The van der Waals surface area contributed by atoms with E-state index in [9.17, 15) is 9.59 Å². The molecule has 176 valence electrons. The van der Waals surface area contributed by atoms with Crippen LogP contribution in [0.5, 0.6) is 5.75 Å². The van der Waals surface area contributed by atoms with Crippen LogP contribution in [-0.2, 0) is 24.2 Å². The third-order valence-electron chi connectivity index (χ3n) is 6.05. The Hall–Kier alpha value is -4.46. The second kappa shape index (κ2) is 9.42. The van der Waals surface area contributed by atoms with Gasteiger partial charge in [-0.15, -0.1) is 0 Å². The van der Waals surface area contributed by atoms with Crippen molar-refractivity contribution in [2.24, 2.45) is 0 Å². The predicted molar refractivity (Wildman–Crippen MR) is 128 cm³/mol. The Kier molecular flexibility index (Phi) is 6.01. The van der Waals surface area contributed by atoms with E-state index in [-0.39, 0.29) is 18.3 Å². The van der Waals surface area contributed by atoms with Crippen molar-refractivity contribution in [3.8, 4) is 17.1 Å². The van der Waals surface area contributed by atoms with Crippen molar-refractivity contribution in [2.75, 3.05) is 7.11 Å². The number of imide groups is 1. The molecule has 4 aromatic rings. The van der Waals surface area contributed by atoms with Gasteiger partial charge in [-0.2, -0.15) is 4.98 Å². The van der Waals surface area contributed by atoms with E-state index >= 15 is 0 Å². The first-order chi connectivity index (χ1) is 17.1. The molecule has 0 atom stereocenters. The van der Waals surface area contributed by atoms with Crippen LogP contribution in [0.3, 0.4) is 0 Å². The van der Waals surface area contributed by atoms with Gasteiger partial charge in [0.1, 0.15) is 17.8 Å². The molecule has 5 rings (SSSR count). The van der Waals surface area contributed by atoms with Crippen molar-refractivity contribution in [1.29, 1.82) is 0 Å². The van der Waals surface area contributed by atoms with Gasteiger partial charge >= 0.3 is 6.03 Å². The molecule has 1 aliphatic heterocycles. The maximum absolute atomic E-state index is 13.8. The van der Waals surface area contributed by atoms with Gasteiger partial charge in [-0.1, -0.05) is 78.0 Å². The Morgan fingerprint density at radius 2 is 1.49 bits per heavy atom. The highest BCUT2D eigenvalue weighted by Gasteiger charge is 2.51. The first kappa shape index (κ1) is 22.3. The fourth-order valence-electron chi connectivity index (χ4n) is 4.40. The summed E-state index contributed by atoms with van der Waals surface area (Å²) in [5.74, 6) is 0.751. The number of amides is 3. The summed E-state index contributed by atoms with van der Waals surface area (Å²) in [6.45, 7) is -0.127. The van der Waals surface area contributed by atoms with Gasteiger partial charge in [-0.3, -0.25) is 9.69 Å². The molecule has 35 heavy (non-hydrogen) atoms. The number of rotatable bonds is 8. The largest absolute Gasteiger partial charge is 0.496 e. The number of aromatic nitrogens is 2. The molecule has 0 radical (unpaired) electrons. The average Bonchev–Trinajstić information content (AvgIpc) is 3.44. The molecule has 3 aromatic carbocycles. The lowest BCUT2D eigenvalue weighted by atomic mass is 9.84. The topological polar surface area (TPSA) is 97.6 Å². The highest BCUT2D eigenvalue weighted by molar-refractivity contribution is 6.07. The third-order valence-corrected chi connectivity index (χ3v) is 6.05. The van der Waals surface area contributed by atoms with Crippen molar-refractivity contribution in [2.45, 2.75) is 24.9 Å². The van der Waals surface area contributed by atoms with E-state index in [0.29, 0.717) is 30.0 Å². The fourth-order valence-corrected chi connectivity index (χ4v) is 4.40. The van der Waals surface area contributed by atoms with Gasteiger partial charge in [0.2, 0.25) is 11.7 Å². The SMILES string of the molecule is COc1ccccc1-c1noc(CN2C(=O)NC(Cc3ccccc3)(Cc3ccccc3)C2=O)n1. The molecule has 0 saturated carbocycles. The third kappa shape index (κ3) is 4.50. The summed E-state index contributed by atoms with van der Waals surface area (Å²) < 4.78 is 10.8. The molecule has 8 nitrogen and oxygen atoms in total. The van der Waals surface area contributed by atoms with Crippen molar-refractivity contribution < 1.29 is 18.8 Å². The van der Waals surface area contributed by atoms with Gasteiger partial charge in [0.15, 0.2) is 0 Å². The van der Waals surface area contributed by atoms with Gasteiger partial charge in [-0.25, -0.2) is 4.79 Å². The number of ether oxygens (including phenoxy) is 1. The molecule has 1 fully saturated rings. The number of carbonyl (C=O) groups excluding carboxylic acids is 2. The maximum Gasteiger partial charge on any atom is 0.325 e. The zero-order valence-corrected chi connectivity index (χ0v) is 19.2.